The largest absolute Gasteiger partial charge is 0.393 e. The lowest BCUT2D eigenvalue weighted by Gasteiger charge is -2.27. The number of carbonyl (C=O) groups is 2. The third-order valence-electron chi connectivity index (χ3n) is 6.15. The molecule has 2 aliphatic heterocycles. The van der Waals surface area contributed by atoms with Gasteiger partial charge in [-0.1, -0.05) is 6.92 Å². The number of hydrogen-bond donors (Lipinski definition) is 2. The highest BCUT2D eigenvalue weighted by atomic mass is 19.1. The summed E-state index contributed by atoms with van der Waals surface area (Å²) in [4.78, 5) is 29.1. The second-order valence-corrected chi connectivity index (χ2v) is 8.29. The zero-order chi connectivity index (χ0) is 23.0. The number of aliphatic hydroxyl groups excluding tert-OH is 1. The van der Waals surface area contributed by atoms with Gasteiger partial charge in [-0.2, -0.15) is 10.4 Å². The first kappa shape index (κ1) is 21.8. The van der Waals surface area contributed by atoms with Gasteiger partial charge in [-0.15, -0.1) is 0 Å². The summed E-state index contributed by atoms with van der Waals surface area (Å²) in [5.41, 5.74) is 2.12. The molecule has 2 atom stereocenters. The highest BCUT2D eigenvalue weighted by molar-refractivity contribution is 5.95. The number of aromatic nitrogens is 2. The van der Waals surface area contributed by atoms with Crippen LogP contribution >= 0.6 is 0 Å². The first-order valence-electron chi connectivity index (χ1n) is 10.6. The van der Waals surface area contributed by atoms with E-state index in [1.807, 2.05) is 6.92 Å². The zero-order valence-electron chi connectivity index (χ0n) is 18.0. The van der Waals surface area contributed by atoms with Gasteiger partial charge in [-0.3, -0.25) is 9.48 Å². The molecule has 4 rings (SSSR count). The quantitative estimate of drug-likeness (QED) is 0.757. The van der Waals surface area contributed by atoms with Gasteiger partial charge in [-0.25, -0.2) is 9.18 Å². The van der Waals surface area contributed by atoms with Crippen LogP contribution in [-0.4, -0.2) is 62.9 Å². The molecule has 0 aliphatic carbocycles. The number of benzene rings is 1. The fraction of sp³-hybridized carbons (Fsp3) is 0.455. The second-order valence-electron chi connectivity index (χ2n) is 8.29. The Kier molecular flexibility index (Phi) is 5.84. The number of urea groups is 1. The van der Waals surface area contributed by atoms with E-state index >= 15 is 0 Å². The van der Waals surface area contributed by atoms with Crippen molar-refractivity contribution in [1.82, 2.24) is 19.6 Å². The molecule has 3 heterocycles. The van der Waals surface area contributed by atoms with Gasteiger partial charge in [0.2, 0.25) is 0 Å². The lowest BCUT2D eigenvalue weighted by atomic mass is 10.0. The predicted molar refractivity (Wildman–Crippen MR) is 113 cm³/mol. The molecule has 10 heteroatoms. The number of nitrogens with zero attached hydrogens (tertiary/aromatic N) is 5. The van der Waals surface area contributed by atoms with Crippen LogP contribution in [0, 0.1) is 23.1 Å². The number of carbonyl (C=O) groups excluding carboxylic acids is 2. The van der Waals surface area contributed by atoms with Crippen LogP contribution in [0.1, 0.15) is 40.7 Å². The topological polar surface area (TPSA) is 114 Å². The molecule has 1 aromatic heterocycles. The minimum atomic E-state index is -0.648. The molecule has 32 heavy (non-hydrogen) atoms. The number of hydrogen-bond acceptors (Lipinski definition) is 5. The van der Waals surface area contributed by atoms with E-state index in [1.165, 1.54) is 12.1 Å². The molecule has 0 saturated heterocycles. The molecule has 1 unspecified atom stereocenters. The summed E-state index contributed by atoms with van der Waals surface area (Å²) in [6.45, 7) is 3.40. The molecular weight excluding hydrogens is 415 g/mol. The predicted octanol–water partition coefficient (Wildman–Crippen LogP) is 1.96. The Labute approximate surface area is 185 Å². The van der Waals surface area contributed by atoms with Gasteiger partial charge >= 0.3 is 6.03 Å². The van der Waals surface area contributed by atoms with Crippen molar-refractivity contribution in [1.29, 1.82) is 5.26 Å². The summed E-state index contributed by atoms with van der Waals surface area (Å²) in [5.74, 6) is -0.947. The van der Waals surface area contributed by atoms with Crippen molar-refractivity contribution in [2.75, 3.05) is 25.5 Å². The van der Waals surface area contributed by atoms with E-state index in [0.717, 1.165) is 11.8 Å². The van der Waals surface area contributed by atoms with Crippen molar-refractivity contribution in [2.24, 2.45) is 5.92 Å². The fourth-order valence-corrected chi connectivity index (χ4v) is 4.33. The van der Waals surface area contributed by atoms with Crippen LogP contribution in [0.25, 0.3) is 0 Å². The third-order valence-corrected chi connectivity index (χ3v) is 6.15. The van der Waals surface area contributed by atoms with E-state index in [1.54, 1.807) is 27.6 Å². The van der Waals surface area contributed by atoms with E-state index in [4.69, 9.17) is 5.26 Å². The SMILES string of the molecule is CC[C@@H](O)C1CN(C)C(=O)c2c3c(nn2C1)CCN(C(=O)Nc1ccc(F)c(C#N)c1)C3. The average Bonchev–Trinajstić information content (AvgIpc) is 3.09. The van der Waals surface area contributed by atoms with E-state index in [-0.39, 0.29) is 23.9 Å². The molecule has 2 N–H and O–H groups in total. The van der Waals surface area contributed by atoms with Gasteiger partial charge in [-0.05, 0) is 24.6 Å². The molecule has 0 radical (unpaired) electrons. The van der Waals surface area contributed by atoms with Crippen molar-refractivity contribution >= 4 is 17.6 Å². The Balaban J connectivity index is 1.57. The van der Waals surface area contributed by atoms with E-state index in [9.17, 15) is 19.1 Å². The molecule has 3 amide bonds. The molecule has 1 aromatic carbocycles. The monoisotopic (exact) mass is 440 g/mol. The standard InChI is InChI=1S/C22H25FN6O3/c1-3-19(30)14-10-27(2)21(31)20-16-12-28(7-6-18(16)26-29(20)11-14)22(32)25-15-4-5-17(23)13(8-15)9-24/h4-5,8,14,19,30H,3,6-7,10-12H2,1-2H3,(H,25,32)/t14?,19-/m1/s1. The molecule has 2 aliphatic rings. The second kappa shape index (κ2) is 8.59. The van der Waals surface area contributed by atoms with Crippen LogP contribution in [0.15, 0.2) is 18.2 Å². The highest BCUT2D eigenvalue weighted by Crippen LogP contribution is 2.28. The van der Waals surface area contributed by atoms with Crippen molar-refractivity contribution in [2.45, 2.75) is 39.0 Å². The Morgan fingerprint density at radius 2 is 2.22 bits per heavy atom. The maximum atomic E-state index is 13.5. The summed E-state index contributed by atoms with van der Waals surface area (Å²) in [7, 11) is 1.71. The molecule has 0 bridgehead atoms. The van der Waals surface area contributed by atoms with Gasteiger partial charge < -0.3 is 20.2 Å². The van der Waals surface area contributed by atoms with Crippen molar-refractivity contribution in [3.05, 3.63) is 46.5 Å². The number of halogens is 1. The Hall–Kier alpha value is -3.45. The molecule has 0 saturated carbocycles. The van der Waals surface area contributed by atoms with Crippen molar-refractivity contribution < 1.29 is 19.1 Å². The average molecular weight is 440 g/mol. The van der Waals surface area contributed by atoms with Crippen LogP contribution < -0.4 is 5.32 Å². The zero-order valence-corrected chi connectivity index (χ0v) is 18.0. The molecular formula is C22H25FN6O3. The number of aliphatic hydroxyl groups is 1. The Bertz CT molecular complexity index is 1110. The van der Waals surface area contributed by atoms with Gasteiger partial charge in [0.15, 0.2) is 0 Å². The number of nitriles is 1. The van der Waals surface area contributed by atoms with Crippen molar-refractivity contribution in [3.8, 4) is 6.07 Å². The first-order valence-corrected chi connectivity index (χ1v) is 10.6. The van der Waals surface area contributed by atoms with E-state index in [2.05, 4.69) is 10.4 Å². The summed E-state index contributed by atoms with van der Waals surface area (Å²) in [5, 5.41) is 26.7. The fourth-order valence-electron chi connectivity index (χ4n) is 4.33. The smallest absolute Gasteiger partial charge is 0.322 e. The third kappa shape index (κ3) is 3.91. The van der Waals surface area contributed by atoms with Crippen molar-refractivity contribution in [3.63, 3.8) is 0 Å². The molecule has 0 fully saturated rings. The number of rotatable bonds is 3. The minimum absolute atomic E-state index is 0.122. The van der Waals surface area contributed by atoms with Crippen LogP contribution in [0.5, 0.6) is 0 Å². The Morgan fingerprint density at radius 3 is 2.94 bits per heavy atom. The Morgan fingerprint density at radius 1 is 1.44 bits per heavy atom. The van der Waals surface area contributed by atoms with Gasteiger partial charge in [0, 0.05) is 50.3 Å². The van der Waals surface area contributed by atoms with Crippen LogP contribution in [0.2, 0.25) is 0 Å². The van der Waals surface area contributed by atoms with Crippen LogP contribution in [0.3, 0.4) is 0 Å². The van der Waals surface area contributed by atoms with Gasteiger partial charge in [0.25, 0.3) is 5.91 Å². The lowest BCUT2D eigenvalue weighted by molar-refractivity contribution is 0.0626. The van der Waals surface area contributed by atoms with Crippen LogP contribution in [0.4, 0.5) is 14.9 Å². The maximum absolute atomic E-state index is 13.5. The maximum Gasteiger partial charge on any atom is 0.322 e. The summed E-state index contributed by atoms with van der Waals surface area (Å²) in [6.07, 6.45) is 0.551. The van der Waals surface area contributed by atoms with Crippen LogP contribution in [-0.2, 0) is 19.5 Å². The van der Waals surface area contributed by atoms with E-state index in [0.29, 0.717) is 49.4 Å². The number of nitrogens with one attached hydrogen (secondary N) is 1. The lowest BCUT2D eigenvalue weighted by Crippen LogP contribution is -2.40. The molecule has 9 nitrogen and oxygen atoms in total. The summed E-state index contributed by atoms with van der Waals surface area (Å²) < 4.78 is 15.2. The number of amides is 3. The first-order chi connectivity index (χ1) is 15.3. The minimum Gasteiger partial charge on any atom is -0.393 e. The number of anilines is 1. The van der Waals surface area contributed by atoms with E-state index < -0.39 is 18.0 Å². The molecule has 0 spiro atoms. The summed E-state index contributed by atoms with van der Waals surface area (Å²) in [6, 6.07) is 5.16. The van der Waals surface area contributed by atoms with Gasteiger partial charge in [0.1, 0.15) is 17.6 Å². The highest BCUT2D eigenvalue weighted by Gasteiger charge is 2.36. The summed E-state index contributed by atoms with van der Waals surface area (Å²) >= 11 is 0. The normalized spacial score (nSPS) is 19.0. The number of fused-ring (bicyclic) bond motifs is 3. The molecule has 168 valence electrons. The molecule has 2 aromatic rings. The van der Waals surface area contributed by atoms with Gasteiger partial charge in [0.05, 0.1) is 23.9 Å².